The average Bonchev–Trinajstić information content (AvgIpc) is 2.41. The van der Waals surface area contributed by atoms with Crippen LogP contribution in [-0.4, -0.2) is 10.9 Å². The van der Waals surface area contributed by atoms with Gasteiger partial charge in [0, 0.05) is 4.47 Å². The minimum Gasteiger partial charge on any atom is -0.397 e. The van der Waals surface area contributed by atoms with Gasteiger partial charge in [-0.3, -0.25) is 4.79 Å². The minimum absolute atomic E-state index is 0.163. The summed E-state index contributed by atoms with van der Waals surface area (Å²) in [4.78, 5) is 16.0. The molecular formula is C14H13BrClN3O. The second kappa shape index (κ2) is 6.24. The molecule has 4 nitrogen and oxygen atoms in total. The van der Waals surface area contributed by atoms with Crippen LogP contribution in [0.25, 0.3) is 0 Å². The van der Waals surface area contributed by atoms with E-state index in [0.717, 1.165) is 10.0 Å². The number of halogens is 2. The Bertz CT molecular complexity index is 648. The Kier molecular flexibility index (Phi) is 4.62. The lowest BCUT2D eigenvalue weighted by molar-refractivity contribution is 0.0940. The molecule has 0 aliphatic carbocycles. The summed E-state index contributed by atoms with van der Waals surface area (Å²) in [5.41, 5.74) is 7.35. The second-order valence-corrected chi connectivity index (χ2v) is 5.55. The van der Waals surface area contributed by atoms with E-state index in [9.17, 15) is 4.79 Å². The molecule has 0 aliphatic heterocycles. The molecule has 1 heterocycles. The molecule has 0 aliphatic rings. The van der Waals surface area contributed by atoms with Crippen molar-refractivity contribution >= 4 is 39.1 Å². The van der Waals surface area contributed by atoms with Gasteiger partial charge >= 0.3 is 0 Å². The number of carbonyl (C=O) groups excluding carboxylic acids is 1. The lowest BCUT2D eigenvalue weighted by Crippen LogP contribution is -2.27. The summed E-state index contributed by atoms with van der Waals surface area (Å²) < 4.78 is 0.938. The van der Waals surface area contributed by atoms with Crippen LogP contribution in [-0.2, 0) is 0 Å². The predicted octanol–water partition coefficient (Wildman–Crippen LogP) is 3.57. The molecule has 104 valence electrons. The highest BCUT2D eigenvalue weighted by atomic mass is 79.9. The number of hydrogen-bond donors (Lipinski definition) is 2. The fourth-order valence-electron chi connectivity index (χ4n) is 1.82. The summed E-state index contributed by atoms with van der Waals surface area (Å²) in [5.74, 6) is -0.282. The van der Waals surface area contributed by atoms with Crippen LogP contribution >= 0.6 is 27.5 Å². The van der Waals surface area contributed by atoms with Crippen LogP contribution in [0.15, 0.2) is 41.0 Å². The van der Waals surface area contributed by atoms with E-state index in [1.165, 1.54) is 12.3 Å². The van der Waals surface area contributed by atoms with Crippen LogP contribution in [0.1, 0.15) is 28.9 Å². The van der Waals surface area contributed by atoms with Crippen LogP contribution in [0.5, 0.6) is 0 Å². The van der Waals surface area contributed by atoms with Gasteiger partial charge in [0.1, 0.15) is 5.15 Å². The number of hydrogen-bond acceptors (Lipinski definition) is 3. The minimum atomic E-state index is -0.282. The zero-order valence-electron chi connectivity index (χ0n) is 10.7. The molecule has 1 aromatic carbocycles. The van der Waals surface area contributed by atoms with Gasteiger partial charge < -0.3 is 11.1 Å². The van der Waals surface area contributed by atoms with Crippen LogP contribution in [0.3, 0.4) is 0 Å². The molecule has 0 fully saturated rings. The molecule has 2 aromatic rings. The molecule has 20 heavy (non-hydrogen) atoms. The topological polar surface area (TPSA) is 68.0 Å². The summed E-state index contributed by atoms with van der Waals surface area (Å²) in [6.07, 6.45) is 1.38. The number of carbonyl (C=O) groups is 1. The Hall–Kier alpha value is -1.59. The molecule has 1 amide bonds. The Morgan fingerprint density at radius 2 is 2.15 bits per heavy atom. The fraction of sp³-hybridized carbons (Fsp3) is 0.143. The third-order valence-corrected chi connectivity index (χ3v) is 3.79. The van der Waals surface area contributed by atoms with E-state index in [1.807, 2.05) is 31.2 Å². The summed E-state index contributed by atoms with van der Waals surface area (Å²) in [5, 5.41) is 3.12. The van der Waals surface area contributed by atoms with Crippen molar-refractivity contribution in [1.82, 2.24) is 10.3 Å². The summed E-state index contributed by atoms with van der Waals surface area (Å²) in [6.45, 7) is 1.90. The first-order valence-corrected chi connectivity index (χ1v) is 7.12. The highest BCUT2D eigenvalue weighted by Crippen LogP contribution is 2.23. The standard InChI is InChI=1S/C14H13BrClN3O/c1-8(9-4-2-3-5-11(9)15)19-14(20)10-6-13(16)18-7-12(10)17/h2-8H,17H2,1H3,(H,19,20). The largest absolute Gasteiger partial charge is 0.397 e. The van der Waals surface area contributed by atoms with Gasteiger partial charge in [0.2, 0.25) is 0 Å². The molecule has 1 atom stereocenters. The third kappa shape index (κ3) is 3.29. The van der Waals surface area contributed by atoms with E-state index >= 15 is 0 Å². The highest BCUT2D eigenvalue weighted by molar-refractivity contribution is 9.10. The summed E-state index contributed by atoms with van der Waals surface area (Å²) in [7, 11) is 0. The number of anilines is 1. The number of amides is 1. The van der Waals surface area contributed by atoms with Gasteiger partial charge in [-0.2, -0.15) is 0 Å². The van der Waals surface area contributed by atoms with Crippen molar-refractivity contribution in [2.24, 2.45) is 0 Å². The zero-order valence-corrected chi connectivity index (χ0v) is 13.1. The highest BCUT2D eigenvalue weighted by Gasteiger charge is 2.16. The van der Waals surface area contributed by atoms with E-state index in [2.05, 4.69) is 26.2 Å². The lowest BCUT2D eigenvalue weighted by Gasteiger charge is -2.16. The zero-order chi connectivity index (χ0) is 14.7. The van der Waals surface area contributed by atoms with Crippen LogP contribution in [0.2, 0.25) is 5.15 Å². The number of pyridine rings is 1. The maximum absolute atomic E-state index is 12.2. The number of aromatic nitrogens is 1. The Morgan fingerprint density at radius 1 is 1.45 bits per heavy atom. The SMILES string of the molecule is CC(NC(=O)c1cc(Cl)ncc1N)c1ccccc1Br. The number of rotatable bonds is 3. The average molecular weight is 355 g/mol. The first kappa shape index (κ1) is 14.8. The van der Waals surface area contributed by atoms with Crippen molar-refractivity contribution in [3.63, 3.8) is 0 Å². The van der Waals surface area contributed by atoms with Crippen molar-refractivity contribution in [3.05, 3.63) is 57.3 Å². The van der Waals surface area contributed by atoms with E-state index in [1.54, 1.807) is 0 Å². The maximum Gasteiger partial charge on any atom is 0.254 e. The molecule has 1 aromatic heterocycles. The van der Waals surface area contributed by atoms with Gasteiger partial charge in [-0.1, -0.05) is 45.7 Å². The molecule has 3 N–H and O–H groups in total. The normalized spacial score (nSPS) is 11.9. The van der Waals surface area contributed by atoms with E-state index in [0.29, 0.717) is 11.3 Å². The quantitative estimate of drug-likeness (QED) is 0.828. The number of nitrogens with zero attached hydrogens (tertiary/aromatic N) is 1. The van der Waals surface area contributed by atoms with Crippen LogP contribution in [0.4, 0.5) is 5.69 Å². The monoisotopic (exact) mass is 353 g/mol. The van der Waals surface area contributed by atoms with Crippen LogP contribution in [0, 0.1) is 0 Å². The van der Waals surface area contributed by atoms with Gasteiger partial charge in [0.25, 0.3) is 5.91 Å². The molecule has 0 radical (unpaired) electrons. The van der Waals surface area contributed by atoms with E-state index < -0.39 is 0 Å². The molecule has 2 rings (SSSR count). The number of benzene rings is 1. The first-order chi connectivity index (χ1) is 9.49. The van der Waals surface area contributed by atoms with Crippen molar-refractivity contribution in [1.29, 1.82) is 0 Å². The molecular weight excluding hydrogens is 342 g/mol. The number of nitrogen functional groups attached to an aromatic ring is 1. The van der Waals surface area contributed by atoms with Gasteiger partial charge in [-0.25, -0.2) is 4.98 Å². The van der Waals surface area contributed by atoms with Gasteiger partial charge in [-0.05, 0) is 24.6 Å². The molecule has 0 saturated heterocycles. The van der Waals surface area contributed by atoms with E-state index in [4.69, 9.17) is 17.3 Å². The van der Waals surface area contributed by atoms with Gasteiger partial charge in [0.15, 0.2) is 0 Å². The van der Waals surface area contributed by atoms with Crippen molar-refractivity contribution in [2.45, 2.75) is 13.0 Å². The molecule has 1 unspecified atom stereocenters. The van der Waals surface area contributed by atoms with Crippen molar-refractivity contribution in [3.8, 4) is 0 Å². The molecule has 0 spiro atoms. The fourth-order valence-corrected chi connectivity index (χ4v) is 2.60. The number of nitrogens with one attached hydrogen (secondary N) is 1. The lowest BCUT2D eigenvalue weighted by atomic mass is 10.1. The van der Waals surface area contributed by atoms with Crippen molar-refractivity contribution < 1.29 is 4.79 Å². The van der Waals surface area contributed by atoms with Crippen LogP contribution < -0.4 is 11.1 Å². The Labute approximate surface area is 130 Å². The number of nitrogens with two attached hydrogens (primary N) is 1. The molecule has 6 heteroatoms. The molecule has 0 saturated carbocycles. The van der Waals surface area contributed by atoms with Gasteiger partial charge in [0.05, 0.1) is 23.5 Å². The van der Waals surface area contributed by atoms with Crippen molar-refractivity contribution in [2.75, 3.05) is 5.73 Å². The van der Waals surface area contributed by atoms with Gasteiger partial charge in [-0.15, -0.1) is 0 Å². The maximum atomic E-state index is 12.2. The Balaban J connectivity index is 2.20. The summed E-state index contributed by atoms with van der Waals surface area (Å²) >= 11 is 9.25. The third-order valence-electron chi connectivity index (χ3n) is 2.87. The predicted molar refractivity (Wildman–Crippen MR) is 83.7 cm³/mol. The Morgan fingerprint density at radius 3 is 2.85 bits per heavy atom. The van der Waals surface area contributed by atoms with E-state index in [-0.39, 0.29) is 17.1 Å². The first-order valence-electron chi connectivity index (χ1n) is 5.95. The summed E-state index contributed by atoms with van der Waals surface area (Å²) in [6, 6.07) is 9.00. The second-order valence-electron chi connectivity index (χ2n) is 4.31. The smallest absolute Gasteiger partial charge is 0.254 e. The molecule has 0 bridgehead atoms.